The van der Waals surface area contributed by atoms with Crippen LogP contribution in [0.2, 0.25) is 0 Å². The van der Waals surface area contributed by atoms with Gasteiger partial charge >= 0.3 is 5.97 Å². The highest BCUT2D eigenvalue weighted by molar-refractivity contribution is 5.76. The van der Waals surface area contributed by atoms with E-state index < -0.39 is 0 Å². The first-order chi connectivity index (χ1) is 7.07. The van der Waals surface area contributed by atoms with Crippen LogP contribution in [0.3, 0.4) is 0 Å². The molecule has 2 aliphatic rings. The Hall–Kier alpha value is -0.530. The lowest BCUT2D eigenvalue weighted by Gasteiger charge is -2.35. The molecule has 2 nitrogen and oxygen atoms in total. The van der Waals surface area contributed by atoms with Gasteiger partial charge in [-0.1, -0.05) is 26.7 Å². The number of hydrogen-bond acceptors (Lipinski definition) is 2. The van der Waals surface area contributed by atoms with Crippen molar-refractivity contribution in [2.24, 2.45) is 17.8 Å². The quantitative estimate of drug-likeness (QED) is 0.654. The molecular formula is C13H22O2. The molecule has 0 radical (unpaired) electrons. The summed E-state index contributed by atoms with van der Waals surface area (Å²) in [5.74, 6) is 1.46. The van der Waals surface area contributed by atoms with E-state index in [-0.39, 0.29) is 17.5 Å². The van der Waals surface area contributed by atoms with E-state index in [1.54, 1.807) is 0 Å². The number of cyclic esters (lactones) is 1. The number of fused-ring (bicyclic) bond motifs is 1. The second-order valence-corrected chi connectivity index (χ2v) is 5.61. The second-order valence-electron chi connectivity index (χ2n) is 5.61. The van der Waals surface area contributed by atoms with Crippen LogP contribution in [0.5, 0.6) is 0 Å². The van der Waals surface area contributed by atoms with Crippen molar-refractivity contribution in [1.29, 1.82) is 0 Å². The molecule has 15 heavy (non-hydrogen) atoms. The van der Waals surface area contributed by atoms with Gasteiger partial charge in [-0.2, -0.15) is 0 Å². The molecule has 86 valence electrons. The summed E-state index contributed by atoms with van der Waals surface area (Å²) in [5.41, 5.74) is -0.156. The molecule has 1 aliphatic heterocycles. The fraction of sp³-hybridized carbons (Fsp3) is 0.923. The molecule has 1 unspecified atom stereocenters. The third-order valence-corrected chi connectivity index (χ3v) is 4.28. The van der Waals surface area contributed by atoms with Crippen molar-refractivity contribution in [3.8, 4) is 0 Å². The highest BCUT2D eigenvalue weighted by atomic mass is 16.6. The van der Waals surface area contributed by atoms with Gasteiger partial charge in [0.05, 0.1) is 5.92 Å². The first kappa shape index (κ1) is 11.0. The van der Waals surface area contributed by atoms with E-state index in [9.17, 15) is 4.79 Å². The Morgan fingerprint density at radius 3 is 2.87 bits per heavy atom. The van der Waals surface area contributed by atoms with Gasteiger partial charge in [-0.25, -0.2) is 0 Å². The highest BCUT2D eigenvalue weighted by Gasteiger charge is 2.53. The molecule has 0 spiro atoms. The molecule has 0 aromatic rings. The predicted molar refractivity (Wildman–Crippen MR) is 59.4 cm³/mol. The van der Waals surface area contributed by atoms with Crippen molar-refractivity contribution in [2.75, 3.05) is 0 Å². The molecule has 1 saturated heterocycles. The average molecular weight is 210 g/mol. The van der Waals surface area contributed by atoms with Crippen molar-refractivity contribution < 1.29 is 9.53 Å². The first-order valence-electron chi connectivity index (χ1n) is 6.29. The van der Waals surface area contributed by atoms with Crippen LogP contribution < -0.4 is 0 Å². The van der Waals surface area contributed by atoms with Gasteiger partial charge in [-0.3, -0.25) is 4.79 Å². The van der Waals surface area contributed by atoms with Gasteiger partial charge in [0.2, 0.25) is 0 Å². The Bertz CT molecular complexity index is 261. The Morgan fingerprint density at radius 2 is 2.20 bits per heavy atom. The zero-order valence-corrected chi connectivity index (χ0v) is 10.1. The number of rotatable bonds is 2. The summed E-state index contributed by atoms with van der Waals surface area (Å²) in [7, 11) is 0. The summed E-state index contributed by atoms with van der Waals surface area (Å²) in [6, 6.07) is 0. The number of ether oxygens (including phenoxy) is 1. The van der Waals surface area contributed by atoms with Gasteiger partial charge in [0, 0.05) is 5.92 Å². The topological polar surface area (TPSA) is 26.3 Å². The number of hydrogen-bond donors (Lipinski definition) is 0. The minimum atomic E-state index is -0.156. The fourth-order valence-electron chi connectivity index (χ4n) is 3.49. The summed E-state index contributed by atoms with van der Waals surface area (Å²) in [4.78, 5) is 11.8. The third kappa shape index (κ3) is 1.79. The average Bonchev–Trinajstić information content (AvgIpc) is 2.39. The monoisotopic (exact) mass is 210 g/mol. The standard InChI is InChI=1S/C13H22O2/c1-4-7-13(3)11-6-5-9(2)8-10(11)12(14)15-13/h9-11H,4-8H2,1-3H3/t9-,10-,11-,13?/m1/s1. The largest absolute Gasteiger partial charge is 0.459 e. The molecule has 1 aliphatic carbocycles. The minimum Gasteiger partial charge on any atom is -0.459 e. The van der Waals surface area contributed by atoms with E-state index in [2.05, 4.69) is 20.8 Å². The van der Waals surface area contributed by atoms with E-state index in [0.29, 0.717) is 11.8 Å². The Kier molecular flexibility index (Phi) is 2.78. The van der Waals surface area contributed by atoms with Crippen LogP contribution in [0.25, 0.3) is 0 Å². The van der Waals surface area contributed by atoms with Crippen molar-refractivity contribution in [1.82, 2.24) is 0 Å². The van der Waals surface area contributed by atoms with Crippen molar-refractivity contribution in [2.45, 2.75) is 58.5 Å². The maximum absolute atomic E-state index is 11.8. The molecule has 0 bridgehead atoms. The third-order valence-electron chi connectivity index (χ3n) is 4.28. The first-order valence-corrected chi connectivity index (χ1v) is 6.29. The molecule has 1 saturated carbocycles. The van der Waals surface area contributed by atoms with Crippen LogP contribution in [-0.2, 0) is 9.53 Å². The highest BCUT2D eigenvalue weighted by Crippen LogP contribution is 2.49. The lowest BCUT2D eigenvalue weighted by atomic mass is 9.69. The van der Waals surface area contributed by atoms with Gasteiger partial charge in [0.25, 0.3) is 0 Å². The molecule has 0 amide bonds. The van der Waals surface area contributed by atoms with Gasteiger partial charge < -0.3 is 4.74 Å². The van der Waals surface area contributed by atoms with Gasteiger partial charge in [0.15, 0.2) is 0 Å². The van der Waals surface area contributed by atoms with E-state index >= 15 is 0 Å². The van der Waals surface area contributed by atoms with Crippen molar-refractivity contribution in [3.05, 3.63) is 0 Å². The van der Waals surface area contributed by atoms with Crippen LogP contribution in [0.15, 0.2) is 0 Å². The van der Waals surface area contributed by atoms with Crippen LogP contribution in [0.1, 0.15) is 52.9 Å². The minimum absolute atomic E-state index is 0.0718. The van der Waals surface area contributed by atoms with Gasteiger partial charge in [0.1, 0.15) is 5.60 Å². The molecular weight excluding hydrogens is 188 g/mol. The molecule has 4 atom stereocenters. The maximum atomic E-state index is 11.8. The van der Waals surface area contributed by atoms with Crippen LogP contribution in [0.4, 0.5) is 0 Å². The SMILES string of the molecule is CCCC1(C)OC(=O)[C@@H]2C[C@H](C)CC[C@H]21. The van der Waals surface area contributed by atoms with E-state index in [1.165, 1.54) is 12.8 Å². The van der Waals surface area contributed by atoms with Crippen molar-refractivity contribution >= 4 is 5.97 Å². The summed E-state index contributed by atoms with van der Waals surface area (Å²) < 4.78 is 5.65. The fourth-order valence-corrected chi connectivity index (χ4v) is 3.49. The summed E-state index contributed by atoms with van der Waals surface area (Å²) in [6.45, 7) is 6.55. The normalized spacial score (nSPS) is 45.0. The second kappa shape index (κ2) is 3.80. The summed E-state index contributed by atoms with van der Waals surface area (Å²) >= 11 is 0. The van der Waals surface area contributed by atoms with Crippen LogP contribution in [0, 0.1) is 17.8 Å². The van der Waals surface area contributed by atoms with E-state index in [0.717, 1.165) is 19.3 Å². The molecule has 2 heteroatoms. The van der Waals surface area contributed by atoms with Gasteiger partial charge in [-0.05, 0) is 32.1 Å². The molecule has 1 heterocycles. The van der Waals surface area contributed by atoms with Crippen LogP contribution in [-0.4, -0.2) is 11.6 Å². The maximum Gasteiger partial charge on any atom is 0.309 e. The number of carbonyl (C=O) groups is 1. The smallest absolute Gasteiger partial charge is 0.309 e. The zero-order chi connectivity index (χ0) is 11.1. The summed E-state index contributed by atoms with van der Waals surface area (Å²) in [6.07, 6.45) is 5.60. The van der Waals surface area contributed by atoms with Gasteiger partial charge in [-0.15, -0.1) is 0 Å². The van der Waals surface area contributed by atoms with Crippen molar-refractivity contribution in [3.63, 3.8) is 0 Å². The van der Waals surface area contributed by atoms with E-state index in [1.807, 2.05) is 0 Å². The predicted octanol–water partition coefficient (Wildman–Crippen LogP) is 3.15. The lowest BCUT2D eigenvalue weighted by Crippen LogP contribution is -2.36. The number of carbonyl (C=O) groups excluding carboxylic acids is 1. The Morgan fingerprint density at radius 1 is 1.47 bits per heavy atom. The molecule has 2 rings (SSSR count). The Labute approximate surface area is 92.4 Å². The molecule has 2 fully saturated rings. The lowest BCUT2D eigenvalue weighted by molar-refractivity contribution is -0.150. The molecule has 0 aromatic carbocycles. The summed E-state index contributed by atoms with van der Waals surface area (Å²) in [5, 5.41) is 0. The molecule has 0 N–H and O–H groups in total. The number of esters is 1. The zero-order valence-electron chi connectivity index (χ0n) is 10.1. The Balaban J connectivity index is 2.16. The van der Waals surface area contributed by atoms with Crippen LogP contribution >= 0.6 is 0 Å². The molecule has 0 aromatic heterocycles. The van der Waals surface area contributed by atoms with E-state index in [4.69, 9.17) is 4.74 Å².